The number of fused-ring (bicyclic) bond motifs is 1. The molecular formula is C21H15F2N3O4. The number of carbonyl (C=O) groups is 2. The number of pyridine rings is 1. The van der Waals surface area contributed by atoms with Crippen molar-refractivity contribution in [2.24, 2.45) is 0 Å². The van der Waals surface area contributed by atoms with Crippen molar-refractivity contribution in [2.75, 3.05) is 17.2 Å². The van der Waals surface area contributed by atoms with Gasteiger partial charge in [0, 0.05) is 24.0 Å². The van der Waals surface area contributed by atoms with Gasteiger partial charge in [0.05, 0.1) is 11.4 Å². The van der Waals surface area contributed by atoms with Gasteiger partial charge in [-0.15, -0.1) is 0 Å². The Morgan fingerprint density at radius 1 is 1.13 bits per heavy atom. The van der Waals surface area contributed by atoms with Gasteiger partial charge in [-0.2, -0.15) is 0 Å². The molecule has 1 aliphatic heterocycles. The number of rotatable bonds is 3. The molecule has 0 aliphatic carbocycles. The van der Waals surface area contributed by atoms with Gasteiger partial charge in [0.15, 0.2) is 6.61 Å². The Kier molecular flexibility index (Phi) is 4.78. The van der Waals surface area contributed by atoms with Gasteiger partial charge in [-0.25, -0.2) is 8.78 Å². The molecule has 0 atom stereocenters. The van der Waals surface area contributed by atoms with E-state index in [2.05, 4.69) is 10.6 Å². The van der Waals surface area contributed by atoms with Gasteiger partial charge in [0.25, 0.3) is 17.4 Å². The van der Waals surface area contributed by atoms with Crippen molar-refractivity contribution < 1.29 is 23.1 Å². The van der Waals surface area contributed by atoms with E-state index in [0.717, 1.165) is 22.8 Å². The summed E-state index contributed by atoms with van der Waals surface area (Å²) in [4.78, 5) is 37.1. The second-order valence-electron chi connectivity index (χ2n) is 6.65. The van der Waals surface area contributed by atoms with Crippen molar-refractivity contribution >= 4 is 23.2 Å². The van der Waals surface area contributed by atoms with E-state index >= 15 is 0 Å². The van der Waals surface area contributed by atoms with Gasteiger partial charge in [-0.1, -0.05) is 0 Å². The van der Waals surface area contributed by atoms with E-state index in [1.807, 2.05) is 0 Å². The summed E-state index contributed by atoms with van der Waals surface area (Å²) in [6.45, 7) is 1.42. The molecule has 0 radical (unpaired) electrons. The maximum Gasteiger partial charge on any atom is 0.268 e. The zero-order valence-corrected chi connectivity index (χ0v) is 15.7. The highest BCUT2D eigenvalue weighted by Gasteiger charge is 2.20. The molecule has 0 spiro atoms. The van der Waals surface area contributed by atoms with E-state index in [1.54, 1.807) is 13.0 Å². The summed E-state index contributed by atoms with van der Waals surface area (Å²) in [6, 6.07) is 8.79. The summed E-state index contributed by atoms with van der Waals surface area (Å²) in [5, 5.41) is 5.22. The molecule has 4 rings (SSSR count). The second kappa shape index (κ2) is 7.43. The number of hydrogen-bond acceptors (Lipinski definition) is 4. The maximum absolute atomic E-state index is 14.1. The molecule has 2 heterocycles. The Morgan fingerprint density at radius 3 is 2.73 bits per heavy atom. The van der Waals surface area contributed by atoms with E-state index in [-0.39, 0.29) is 23.8 Å². The fraction of sp³-hybridized carbons (Fsp3) is 0.0952. The normalized spacial score (nSPS) is 12.6. The standard InChI is InChI=1S/C21H15F2N3O4/c1-11-6-7-26(16-8-12(22)2-4-14(16)23)21(29)19(11)20(28)24-13-3-5-15-17(9-13)30-10-18(27)25-15/h2-9H,10H2,1H3,(H,24,28)(H,25,27). The number of aromatic nitrogens is 1. The third-order valence-corrected chi connectivity index (χ3v) is 4.57. The summed E-state index contributed by atoms with van der Waals surface area (Å²) in [7, 11) is 0. The average molecular weight is 411 g/mol. The molecule has 9 heteroatoms. The van der Waals surface area contributed by atoms with Crippen LogP contribution in [0.2, 0.25) is 0 Å². The molecule has 2 amide bonds. The monoisotopic (exact) mass is 411 g/mol. The number of anilines is 2. The first-order chi connectivity index (χ1) is 14.3. The van der Waals surface area contributed by atoms with Gasteiger partial charge >= 0.3 is 0 Å². The van der Waals surface area contributed by atoms with E-state index in [4.69, 9.17) is 4.74 Å². The van der Waals surface area contributed by atoms with Crippen molar-refractivity contribution in [1.29, 1.82) is 0 Å². The topological polar surface area (TPSA) is 89.4 Å². The molecule has 3 aromatic rings. The van der Waals surface area contributed by atoms with Crippen LogP contribution in [0.3, 0.4) is 0 Å². The van der Waals surface area contributed by atoms with Crippen LogP contribution in [-0.2, 0) is 4.79 Å². The van der Waals surface area contributed by atoms with Crippen LogP contribution < -0.4 is 20.9 Å². The van der Waals surface area contributed by atoms with Crippen molar-refractivity contribution in [3.63, 3.8) is 0 Å². The molecule has 2 aromatic carbocycles. The van der Waals surface area contributed by atoms with Crippen molar-refractivity contribution in [2.45, 2.75) is 6.92 Å². The molecule has 0 bridgehead atoms. The quantitative estimate of drug-likeness (QED) is 0.694. The lowest BCUT2D eigenvalue weighted by atomic mass is 10.1. The highest BCUT2D eigenvalue weighted by atomic mass is 19.1. The van der Waals surface area contributed by atoms with Gasteiger partial charge in [-0.05, 0) is 42.8 Å². The Hall–Kier alpha value is -4.01. The minimum Gasteiger partial charge on any atom is -0.482 e. The summed E-state index contributed by atoms with van der Waals surface area (Å²) in [6.07, 6.45) is 1.28. The van der Waals surface area contributed by atoms with Crippen LogP contribution >= 0.6 is 0 Å². The molecule has 152 valence electrons. The van der Waals surface area contributed by atoms with Gasteiger partial charge in [0.2, 0.25) is 0 Å². The highest BCUT2D eigenvalue weighted by molar-refractivity contribution is 6.05. The van der Waals surface area contributed by atoms with Crippen molar-refractivity contribution in [3.8, 4) is 11.4 Å². The summed E-state index contributed by atoms with van der Waals surface area (Å²) in [5.41, 5.74) is -0.143. The molecule has 1 aliphatic rings. The zero-order valence-electron chi connectivity index (χ0n) is 15.7. The Labute approximate surface area is 168 Å². The average Bonchev–Trinajstić information content (AvgIpc) is 2.70. The smallest absolute Gasteiger partial charge is 0.268 e. The molecule has 7 nitrogen and oxygen atoms in total. The molecule has 1 aromatic heterocycles. The number of amides is 2. The molecule has 0 saturated heterocycles. The number of aryl methyl sites for hydroxylation is 1. The largest absolute Gasteiger partial charge is 0.482 e. The van der Waals surface area contributed by atoms with Crippen LogP contribution in [0.15, 0.2) is 53.5 Å². The Morgan fingerprint density at radius 2 is 1.93 bits per heavy atom. The molecule has 2 N–H and O–H groups in total. The predicted octanol–water partition coefficient (Wildman–Crippen LogP) is 3.01. The van der Waals surface area contributed by atoms with Crippen molar-refractivity contribution in [3.05, 3.63) is 81.8 Å². The minimum absolute atomic E-state index is 0.147. The summed E-state index contributed by atoms with van der Waals surface area (Å²) < 4.78 is 33.9. The third-order valence-electron chi connectivity index (χ3n) is 4.57. The fourth-order valence-corrected chi connectivity index (χ4v) is 3.11. The van der Waals surface area contributed by atoms with E-state index in [9.17, 15) is 23.2 Å². The first kappa shape index (κ1) is 19.3. The van der Waals surface area contributed by atoms with Crippen LogP contribution in [-0.4, -0.2) is 23.0 Å². The van der Waals surface area contributed by atoms with Crippen LogP contribution in [0.1, 0.15) is 15.9 Å². The van der Waals surface area contributed by atoms with E-state index in [1.165, 1.54) is 24.4 Å². The Balaban J connectivity index is 1.69. The number of benzene rings is 2. The lowest BCUT2D eigenvalue weighted by Crippen LogP contribution is -2.30. The van der Waals surface area contributed by atoms with Crippen molar-refractivity contribution in [1.82, 2.24) is 4.57 Å². The molecule has 30 heavy (non-hydrogen) atoms. The maximum atomic E-state index is 14.1. The van der Waals surface area contributed by atoms with Gasteiger partial charge in [0.1, 0.15) is 22.9 Å². The zero-order chi connectivity index (χ0) is 21.4. The predicted molar refractivity (Wildman–Crippen MR) is 105 cm³/mol. The number of halogens is 2. The third kappa shape index (κ3) is 3.52. The number of carbonyl (C=O) groups excluding carboxylic acids is 2. The summed E-state index contributed by atoms with van der Waals surface area (Å²) in [5.74, 6) is -2.15. The minimum atomic E-state index is -0.803. The molecule has 0 fully saturated rings. The summed E-state index contributed by atoms with van der Waals surface area (Å²) >= 11 is 0. The second-order valence-corrected chi connectivity index (χ2v) is 6.65. The van der Waals surface area contributed by atoms with E-state index < -0.39 is 23.1 Å². The Bertz CT molecular complexity index is 1250. The van der Waals surface area contributed by atoms with Crippen LogP contribution in [0, 0.1) is 18.6 Å². The van der Waals surface area contributed by atoms with Crippen LogP contribution in [0.25, 0.3) is 5.69 Å². The molecular weight excluding hydrogens is 396 g/mol. The first-order valence-electron chi connectivity index (χ1n) is 8.89. The number of nitrogens with one attached hydrogen (secondary N) is 2. The first-order valence-corrected chi connectivity index (χ1v) is 8.89. The fourth-order valence-electron chi connectivity index (χ4n) is 3.11. The lowest BCUT2D eigenvalue weighted by Gasteiger charge is -2.18. The number of ether oxygens (including phenoxy) is 1. The lowest BCUT2D eigenvalue weighted by molar-refractivity contribution is -0.118. The SMILES string of the molecule is Cc1ccn(-c2cc(F)ccc2F)c(=O)c1C(=O)Nc1ccc2c(c1)OCC(=O)N2. The molecule has 0 saturated carbocycles. The van der Waals surface area contributed by atoms with Crippen LogP contribution in [0.4, 0.5) is 20.2 Å². The number of nitrogens with zero attached hydrogens (tertiary/aromatic N) is 1. The molecule has 0 unspecified atom stereocenters. The van der Waals surface area contributed by atoms with Gasteiger partial charge in [-0.3, -0.25) is 19.0 Å². The van der Waals surface area contributed by atoms with E-state index in [0.29, 0.717) is 22.7 Å². The number of hydrogen-bond donors (Lipinski definition) is 2. The van der Waals surface area contributed by atoms with Gasteiger partial charge < -0.3 is 15.4 Å². The highest BCUT2D eigenvalue weighted by Crippen LogP contribution is 2.30. The van der Waals surface area contributed by atoms with Crippen LogP contribution in [0.5, 0.6) is 5.75 Å².